The van der Waals surface area contributed by atoms with Crippen LogP contribution in [0.1, 0.15) is 0 Å². The van der Waals surface area contributed by atoms with Crippen LogP contribution in [0.3, 0.4) is 0 Å². The number of fused-ring (bicyclic) bond motifs is 2. The van der Waals surface area contributed by atoms with Gasteiger partial charge in [0, 0.05) is 29.7 Å². The fraction of sp³-hybridized carbons (Fsp3) is 0.348. The van der Waals surface area contributed by atoms with Crippen LogP contribution in [-0.4, -0.2) is 76.3 Å². The maximum Gasteiger partial charge on any atom is 0.414 e. The summed E-state index contributed by atoms with van der Waals surface area (Å²) in [6, 6.07) is 8.80. The Morgan fingerprint density at radius 2 is 2.17 bits per heavy atom. The van der Waals surface area contributed by atoms with E-state index < -0.39 is 18.3 Å². The normalized spacial score (nSPS) is 18.1. The fourth-order valence-corrected chi connectivity index (χ4v) is 4.86. The number of hydrogen-bond acceptors (Lipinski definition) is 10. The molecule has 4 heterocycles. The van der Waals surface area contributed by atoms with Gasteiger partial charge in [-0.15, -0.1) is 11.8 Å². The lowest BCUT2D eigenvalue weighted by atomic mass is 10.2. The number of benzene rings is 1. The van der Waals surface area contributed by atoms with Crippen molar-refractivity contribution in [2.24, 2.45) is 0 Å². The third-order valence-electron chi connectivity index (χ3n) is 5.80. The van der Waals surface area contributed by atoms with Crippen molar-refractivity contribution in [2.45, 2.75) is 23.6 Å². The van der Waals surface area contributed by atoms with Crippen molar-refractivity contribution >= 4 is 46.3 Å². The molecule has 12 nitrogen and oxygen atoms in total. The van der Waals surface area contributed by atoms with E-state index in [1.165, 1.54) is 34.5 Å². The van der Waals surface area contributed by atoms with Crippen LogP contribution >= 0.6 is 11.8 Å². The first kappa shape index (κ1) is 24.0. The van der Waals surface area contributed by atoms with Crippen LogP contribution in [0, 0.1) is 0 Å². The Morgan fingerprint density at radius 1 is 1.31 bits per heavy atom. The van der Waals surface area contributed by atoms with Crippen LogP contribution in [-0.2, 0) is 16.1 Å². The van der Waals surface area contributed by atoms with E-state index in [0.717, 1.165) is 4.90 Å². The molecular weight excluding hydrogens is 488 g/mol. The molecule has 3 N–H and O–H groups in total. The van der Waals surface area contributed by atoms with Crippen molar-refractivity contribution in [1.29, 1.82) is 0 Å². The topological polar surface area (TPSA) is 148 Å². The van der Waals surface area contributed by atoms with Crippen molar-refractivity contribution in [3.05, 3.63) is 46.9 Å². The van der Waals surface area contributed by atoms with E-state index in [4.69, 9.17) is 9.47 Å². The third kappa shape index (κ3) is 4.98. The number of amides is 2. The molecule has 0 bridgehead atoms. The van der Waals surface area contributed by atoms with Crippen LogP contribution in [0.2, 0.25) is 0 Å². The molecule has 13 heteroatoms. The first-order valence-corrected chi connectivity index (χ1v) is 12.2. The number of carbonyl (C=O) groups is 2. The van der Waals surface area contributed by atoms with Gasteiger partial charge in [-0.1, -0.05) is 0 Å². The Kier molecular flexibility index (Phi) is 6.76. The molecule has 2 unspecified atom stereocenters. The molecule has 0 spiro atoms. The van der Waals surface area contributed by atoms with E-state index in [-0.39, 0.29) is 24.6 Å². The van der Waals surface area contributed by atoms with Crippen molar-refractivity contribution in [2.75, 3.05) is 42.7 Å². The lowest BCUT2D eigenvalue weighted by Gasteiger charge is -2.20. The summed E-state index contributed by atoms with van der Waals surface area (Å²) in [5.41, 5.74) is 1.75. The number of aromatic nitrogens is 3. The van der Waals surface area contributed by atoms with Gasteiger partial charge in [0.05, 0.1) is 43.9 Å². The number of hydrogen-bond donors (Lipinski definition) is 3. The minimum absolute atomic E-state index is 0.000454. The van der Waals surface area contributed by atoms with Gasteiger partial charge in [0.2, 0.25) is 11.8 Å². The SMILES string of the molecule is COc1ccc2ncc(=O)n(CC(O)CNCC3CN(c4ccc5c(c4)NC(=O)CS5)C(=O)O3)c2n1. The summed E-state index contributed by atoms with van der Waals surface area (Å²) < 4.78 is 11.9. The van der Waals surface area contributed by atoms with Gasteiger partial charge in [0.15, 0.2) is 5.65 Å². The zero-order valence-electron chi connectivity index (χ0n) is 19.3. The Balaban J connectivity index is 1.17. The van der Waals surface area contributed by atoms with E-state index in [9.17, 15) is 19.5 Å². The van der Waals surface area contributed by atoms with Crippen LogP contribution in [0.5, 0.6) is 5.88 Å². The van der Waals surface area contributed by atoms with Gasteiger partial charge in [-0.25, -0.2) is 9.78 Å². The second kappa shape index (κ2) is 10.1. The average molecular weight is 513 g/mol. The van der Waals surface area contributed by atoms with Gasteiger partial charge < -0.3 is 25.2 Å². The van der Waals surface area contributed by atoms with Gasteiger partial charge in [0.1, 0.15) is 11.6 Å². The Morgan fingerprint density at radius 3 is 3.00 bits per heavy atom. The number of carbonyl (C=O) groups excluding carboxylic acids is 2. The van der Waals surface area contributed by atoms with Crippen molar-refractivity contribution in [1.82, 2.24) is 19.9 Å². The zero-order chi connectivity index (χ0) is 25.2. The largest absolute Gasteiger partial charge is 0.481 e. The second-order valence-electron chi connectivity index (χ2n) is 8.35. The number of aliphatic hydroxyl groups excluding tert-OH is 1. The number of methoxy groups -OCH3 is 1. The number of anilines is 2. The molecule has 1 fully saturated rings. The highest BCUT2D eigenvalue weighted by Crippen LogP contribution is 2.35. The highest BCUT2D eigenvalue weighted by Gasteiger charge is 2.33. The van der Waals surface area contributed by atoms with E-state index in [2.05, 4.69) is 20.6 Å². The van der Waals surface area contributed by atoms with E-state index in [1.807, 2.05) is 12.1 Å². The molecule has 1 saturated heterocycles. The van der Waals surface area contributed by atoms with E-state index in [1.54, 1.807) is 18.2 Å². The number of cyclic esters (lactones) is 1. The zero-order valence-corrected chi connectivity index (χ0v) is 20.2. The molecule has 36 heavy (non-hydrogen) atoms. The van der Waals surface area contributed by atoms with E-state index >= 15 is 0 Å². The Bertz CT molecular complexity index is 1380. The quantitative estimate of drug-likeness (QED) is 0.396. The highest BCUT2D eigenvalue weighted by atomic mass is 32.2. The molecule has 2 atom stereocenters. The lowest BCUT2D eigenvalue weighted by Crippen LogP contribution is -2.38. The number of nitrogens with one attached hydrogen (secondary N) is 2. The highest BCUT2D eigenvalue weighted by molar-refractivity contribution is 8.00. The molecule has 2 amide bonds. The summed E-state index contributed by atoms with van der Waals surface area (Å²) in [7, 11) is 1.48. The molecule has 188 valence electrons. The number of ether oxygens (including phenoxy) is 2. The molecule has 2 aromatic heterocycles. The smallest absolute Gasteiger partial charge is 0.414 e. The second-order valence-corrected chi connectivity index (χ2v) is 9.37. The van der Waals surface area contributed by atoms with E-state index in [0.29, 0.717) is 47.3 Å². The minimum Gasteiger partial charge on any atom is -0.481 e. The molecular formula is C23H24N6O6S. The van der Waals surface area contributed by atoms with Crippen molar-refractivity contribution < 1.29 is 24.2 Å². The first-order valence-electron chi connectivity index (χ1n) is 11.3. The fourth-order valence-electron chi connectivity index (χ4n) is 4.08. The number of pyridine rings is 1. The number of rotatable bonds is 8. The number of thioether (sulfide) groups is 1. The van der Waals surface area contributed by atoms with Gasteiger partial charge in [-0.2, -0.15) is 4.98 Å². The van der Waals surface area contributed by atoms with Crippen molar-refractivity contribution in [3.8, 4) is 5.88 Å². The monoisotopic (exact) mass is 512 g/mol. The molecule has 0 saturated carbocycles. The molecule has 0 aliphatic carbocycles. The Labute approximate surface area is 209 Å². The van der Waals surface area contributed by atoms with Gasteiger partial charge >= 0.3 is 6.09 Å². The summed E-state index contributed by atoms with van der Waals surface area (Å²) in [6.45, 7) is 0.797. The average Bonchev–Trinajstić information content (AvgIpc) is 3.25. The molecule has 3 aromatic rings. The number of aliphatic hydroxyl groups is 1. The predicted molar refractivity (Wildman–Crippen MR) is 133 cm³/mol. The predicted octanol–water partition coefficient (Wildman–Crippen LogP) is 0.820. The maximum absolute atomic E-state index is 12.4. The third-order valence-corrected chi connectivity index (χ3v) is 6.87. The maximum atomic E-state index is 12.4. The summed E-state index contributed by atoms with van der Waals surface area (Å²) in [5.74, 6) is 0.629. The summed E-state index contributed by atoms with van der Waals surface area (Å²) in [5, 5.41) is 16.5. The van der Waals surface area contributed by atoms with Crippen molar-refractivity contribution in [3.63, 3.8) is 0 Å². The van der Waals surface area contributed by atoms with Crippen LogP contribution in [0.15, 0.2) is 46.2 Å². The summed E-state index contributed by atoms with van der Waals surface area (Å²) in [6.07, 6.45) is -0.628. The first-order chi connectivity index (χ1) is 17.4. The Hall–Kier alpha value is -3.68. The standard InChI is InChI=1S/C23H24N6O6S/c1-34-20-5-3-16-22(27-20)29(21(32)9-25-16)10-14(30)7-24-8-15-11-28(23(33)35-15)13-2-4-18-17(6-13)26-19(31)12-36-18/h2-6,9,14-15,24,30H,7-8,10-12H2,1H3,(H,26,31). The molecule has 2 aliphatic heterocycles. The molecule has 5 rings (SSSR count). The number of nitrogens with zero attached hydrogens (tertiary/aromatic N) is 4. The lowest BCUT2D eigenvalue weighted by molar-refractivity contribution is -0.113. The summed E-state index contributed by atoms with van der Waals surface area (Å²) in [4.78, 5) is 47.3. The van der Waals surface area contributed by atoms with Gasteiger partial charge in [-0.3, -0.25) is 19.1 Å². The van der Waals surface area contributed by atoms with Crippen LogP contribution < -0.4 is 25.8 Å². The molecule has 2 aliphatic rings. The van der Waals surface area contributed by atoms with Crippen LogP contribution in [0.25, 0.3) is 11.2 Å². The molecule has 0 radical (unpaired) electrons. The minimum atomic E-state index is -0.906. The van der Waals surface area contributed by atoms with Crippen LogP contribution in [0.4, 0.5) is 16.2 Å². The van der Waals surface area contributed by atoms with Gasteiger partial charge in [0.25, 0.3) is 5.56 Å². The summed E-state index contributed by atoms with van der Waals surface area (Å²) >= 11 is 1.45. The van der Waals surface area contributed by atoms with Gasteiger partial charge in [-0.05, 0) is 24.3 Å². The molecule has 1 aromatic carbocycles.